The minimum absolute atomic E-state index is 0.288. The van der Waals surface area contributed by atoms with Crippen LogP contribution < -0.4 is 5.32 Å². The minimum Gasteiger partial charge on any atom is -0.385 e. The first-order chi connectivity index (χ1) is 7.24. The predicted octanol–water partition coefficient (Wildman–Crippen LogP) is 0.636. The largest absolute Gasteiger partial charge is 0.385 e. The molecule has 0 aromatic carbocycles. The molecule has 0 radical (unpaired) electrons. The zero-order valence-electron chi connectivity index (χ0n) is 8.18. The molecule has 2 aromatic heterocycles. The number of aliphatic hydroxyl groups excluding tert-OH is 1. The van der Waals surface area contributed by atoms with Crippen LogP contribution in [0.3, 0.4) is 0 Å². The summed E-state index contributed by atoms with van der Waals surface area (Å²) in [7, 11) is 1.76. The van der Waals surface area contributed by atoms with Gasteiger partial charge in [-0.1, -0.05) is 11.6 Å². The first-order valence-electron chi connectivity index (χ1n) is 4.55. The molecule has 0 spiro atoms. The molecule has 1 atom stereocenters. The Kier molecular flexibility index (Phi) is 2.86. The first kappa shape index (κ1) is 10.4. The maximum Gasteiger partial charge on any atom is 0.235 e. The fourth-order valence-corrected chi connectivity index (χ4v) is 1.76. The van der Waals surface area contributed by atoms with Gasteiger partial charge in [0.1, 0.15) is 6.10 Å². The molecule has 1 unspecified atom stereocenters. The van der Waals surface area contributed by atoms with Crippen LogP contribution in [0.25, 0.3) is 5.78 Å². The molecule has 2 N–H and O–H groups in total. The minimum atomic E-state index is -0.693. The standard InChI is InChI=1S/C9H11ClN4O/c1-11-5-6(15)7-8(10)13-9-12-3-2-4-14(7)9/h2-4,6,11,15H,5H2,1H3. The van der Waals surface area contributed by atoms with Crippen LogP contribution in [0.1, 0.15) is 11.8 Å². The van der Waals surface area contributed by atoms with Gasteiger partial charge in [-0.05, 0) is 13.1 Å². The Labute approximate surface area is 91.7 Å². The highest BCUT2D eigenvalue weighted by Gasteiger charge is 2.17. The van der Waals surface area contributed by atoms with Crippen molar-refractivity contribution in [3.63, 3.8) is 0 Å². The molecule has 2 aromatic rings. The van der Waals surface area contributed by atoms with Crippen molar-refractivity contribution in [3.05, 3.63) is 29.3 Å². The Morgan fingerprint density at radius 1 is 1.67 bits per heavy atom. The van der Waals surface area contributed by atoms with E-state index in [9.17, 15) is 5.11 Å². The fourth-order valence-electron chi connectivity index (χ4n) is 1.47. The molecule has 80 valence electrons. The maximum atomic E-state index is 9.85. The zero-order valence-corrected chi connectivity index (χ0v) is 8.94. The number of aliphatic hydroxyl groups is 1. The van der Waals surface area contributed by atoms with Gasteiger partial charge in [0.15, 0.2) is 5.15 Å². The van der Waals surface area contributed by atoms with Gasteiger partial charge in [-0.3, -0.25) is 4.40 Å². The Hall–Kier alpha value is -1.17. The van der Waals surface area contributed by atoms with Crippen LogP contribution in [0, 0.1) is 0 Å². The van der Waals surface area contributed by atoms with Crippen LogP contribution >= 0.6 is 11.6 Å². The van der Waals surface area contributed by atoms with Gasteiger partial charge >= 0.3 is 0 Å². The third kappa shape index (κ3) is 1.81. The van der Waals surface area contributed by atoms with E-state index < -0.39 is 6.10 Å². The summed E-state index contributed by atoms with van der Waals surface area (Å²) in [6.07, 6.45) is 2.71. The number of aromatic nitrogens is 3. The second-order valence-corrected chi connectivity index (χ2v) is 3.51. The van der Waals surface area contributed by atoms with Crippen molar-refractivity contribution < 1.29 is 5.11 Å². The summed E-state index contributed by atoms with van der Waals surface area (Å²) >= 11 is 5.94. The van der Waals surface area contributed by atoms with Crippen molar-refractivity contribution in [1.82, 2.24) is 19.7 Å². The highest BCUT2D eigenvalue weighted by atomic mass is 35.5. The topological polar surface area (TPSA) is 62.5 Å². The van der Waals surface area contributed by atoms with Gasteiger partial charge in [-0.15, -0.1) is 0 Å². The molecule has 0 aliphatic rings. The van der Waals surface area contributed by atoms with Crippen molar-refractivity contribution in [3.8, 4) is 0 Å². The molecule has 0 saturated carbocycles. The Morgan fingerprint density at radius 3 is 3.20 bits per heavy atom. The van der Waals surface area contributed by atoms with Crippen molar-refractivity contribution in [2.24, 2.45) is 0 Å². The normalized spacial score (nSPS) is 13.3. The molecule has 0 fully saturated rings. The highest BCUT2D eigenvalue weighted by Crippen LogP contribution is 2.22. The van der Waals surface area contributed by atoms with Crippen LogP contribution in [-0.2, 0) is 0 Å². The van der Waals surface area contributed by atoms with E-state index in [2.05, 4.69) is 15.3 Å². The lowest BCUT2D eigenvalue weighted by molar-refractivity contribution is 0.172. The molecule has 0 amide bonds. The number of nitrogens with zero attached hydrogens (tertiary/aromatic N) is 3. The van der Waals surface area contributed by atoms with E-state index in [1.807, 2.05) is 0 Å². The third-order valence-electron chi connectivity index (χ3n) is 2.11. The van der Waals surface area contributed by atoms with E-state index >= 15 is 0 Å². The zero-order chi connectivity index (χ0) is 10.8. The van der Waals surface area contributed by atoms with E-state index in [-0.39, 0.29) is 5.15 Å². The molecule has 0 aliphatic heterocycles. The van der Waals surface area contributed by atoms with Gasteiger partial charge in [-0.2, -0.15) is 4.98 Å². The Bertz CT molecular complexity index is 470. The number of hydrogen-bond donors (Lipinski definition) is 2. The Morgan fingerprint density at radius 2 is 2.47 bits per heavy atom. The lowest BCUT2D eigenvalue weighted by Gasteiger charge is -2.09. The fraction of sp³-hybridized carbons (Fsp3) is 0.333. The summed E-state index contributed by atoms with van der Waals surface area (Å²) in [5, 5.41) is 13.0. The number of likely N-dealkylation sites (N-methyl/N-ethyl adjacent to an activating group) is 1. The van der Waals surface area contributed by atoms with Crippen molar-refractivity contribution in [2.45, 2.75) is 6.10 Å². The summed E-state index contributed by atoms with van der Waals surface area (Å²) in [6.45, 7) is 0.419. The maximum absolute atomic E-state index is 9.85. The highest BCUT2D eigenvalue weighted by molar-refractivity contribution is 6.30. The number of fused-ring (bicyclic) bond motifs is 1. The van der Waals surface area contributed by atoms with Crippen LogP contribution in [-0.4, -0.2) is 33.1 Å². The number of rotatable bonds is 3. The van der Waals surface area contributed by atoms with Gasteiger partial charge in [0.05, 0.1) is 5.69 Å². The average Bonchev–Trinajstić information content (AvgIpc) is 2.54. The molecule has 0 aliphatic carbocycles. The van der Waals surface area contributed by atoms with Crippen LogP contribution in [0.5, 0.6) is 0 Å². The molecule has 5 nitrogen and oxygen atoms in total. The van der Waals surface area contributed by atoms with Crippen LogP contribution in [0.4, 0.5) is 0 Å². The third-order valence-corrected chi connectivity index (χ3v) is 2.39. The van der Waals surface area contributed by atoms with Gasteiger partial charge in [0, 0.05) is 18.9 Å². The van der Waals surface area contributed by atoms with E-state index in [1.165, 1.54) is 0 Å². The summed E-state index contributed by atoms with van der Waals surface area (Å²) in [6, 6.07) is 1.76. The molecule has 2 rings (SSSR count). The van der Waals surface area contributed by atoms with E-state index in [0.29, 0.717) is 18.0 Å². The molecule has 0 saturated heterocycles. The molecular formula is C9H11ClN4O. The summed E-state index contributed by atoms with van der Waals surface area (Å²) in [5.74, 6) is 0.493. The quantitative estimate of drug-likeness (QED) is 0.806. The van der Waals surface area contributed by atoms with Crippen molar-refractivity contribution in [2.75, 3.05) is 13.6 Å². The lowest BCUT2D eigenvalue weighted by atomic mass is 10.2. The number of hydrogen-bond acceptors (Lipinski definition) is 4. The SMILES string of the molecule is CNCC(O)c1c(Cl)nc2ncccn12. The van der Waals surface area contributed by atoms with Crippen molar-refractivity contribution in [1.29, 1.82) is 0 Å². The van der Waals surface area contributed by atoms with Crippen LogP contribution in [0.15, 0.2) is 18.5 Å². The molecule has 2 heterocycles. The van der Waals surface area contributed by atoms with Gasteiger partial charge < -0.3 is 10.4 Å². The molecule has 6 heteroatoms. The van der Waals surface area contributed by atoms with Crippen LogP contribution in [0.2, 0.25) is 5.15 Å². The van der Waals surface area contributed by atoms with Gasteiger partial charge in [0.25, 0.3) is 0 Å². The van der Waals surface area contributed by atoms with E-state index in [1.54, 1.807) is 29.9 Å². The molecular weight excluding hydrogens is 216 g/mol. The summed E-state index contributed by atoms with van der Waals surface area (Å²) in [5.41, 5.74) is 0.564. The average molecular weight is 227 g/mol. The summed E-state index contributed by atoms with van der Waals surface area (Å²) in [4.78, 5) is 8.09. The smallest absolute Gasteiger partial charge is 0.235 e. The number of imidazole rings is 1. The Balaban J connectivity index is 2.53. The molecule has 15 heavy (non-hydrogen) atoms. The molecule has 0 bridgehead atoms. The summed E-state index contributed by atoms with van der Waals surface area (Å²) < 4.78 is 1.68. The number of halogens is 1. The second-order valence-electron chi connectivity index (χ2n) is 3.15. The lowest BCUT2D eigenvalue weighted by Crippen LogP contribution is -2.18. The van der Waals surface area contributed by atoms with Crippen molar-refractivity contribution >= 4 is 17.4 Å². The monoisotopic (exact) mass is 226 g/mol. The van der Waals surface area contributed by atoms with Gasteiger partial charge in [0.2, 0.25) is 5.78 Å². The second kappa shape index (κ2) is 4.14. The van der Waals surface area contributed by atoms with E-state index in [4.69, 9.17) is 11.6 Å². The first-order valence-corrected chi connectivity index (χ1v) is 4.93. The predicted molar refractivity (Wildman–Crippen MR) is 56.9 cm³/mol. The number of nitrogens with one attached hydrogen (secondary N) is 1. The van der Waals surface area contributed by atoms with E-state index in [0.717, 1.165) is 0 Å². The van der Waals surface area contributed by atoms with Gasteiger partial charge in [-0.25, -0.2) is 4.98 Å².